The summed E-state index contributed by atoms with van der Waals surface area (Å²) in [4.78, 5) is 20.1. The van der Waals surface area contributed by atoms with Gasteiger partial charge in [0, 0.05) is 30.1 Å². The van der Waals surface area contributed by atoms with Gasteiger partial charge in [0.2, 0.25) is 11.8 Å². The number of pyridine rings is 2. The average molecular weight is 407 g/mol. The topological polar surface area (TPSA) is 81.9 Å². The molecular formula is C19H20F3N5O2. The quantitative estimate of drug-likeness (QED) is 0.673. The van der Waals surface area contributed by atoms with Gasteiger partial charge in [0.15, 0.2) is 6.61 Å². The molecule has 7 nitrogen and oxygen atoms in total. The smallest absolute Gasteiger partial charge is 0.422 e. The molecule has 3 aromatic rings. The van der Waals surface area contributed by atoms with Crippen LogP contribution in [-0.4, -0.2) is 38.4 Å². The molecule has 0 aliphatic carbocycles. The Morgan fingerprint density at radius 1 is 1.28 bits per heavy atom. The van der Waals surface area contributed by atoms with E-state index in [1.807, 2.05) is 13.0 Å². The SMILES string of the molecule is CCC(=O)Nc1nc(C)cc2nn(Cc3cnc(OCC(F)(F)F)c(C)c3)cc12. The molecule has 0 fully saturated rings. The molecule has 3 aromatic heterocycles. The number of aryl methyl sites for hydroxylation is 2. The van der Waals surface area contributed by atoms with E-state index in [1.165, 1.54) is 6.20 Å². The van der Waals surface area contributed by atoms with Crippen LogP contribution in [0, 0.1) is 13.8 Å². The number of rotatable bonds is 6. The highest BCUT2D eigenvalue weighted by Gasteiger charge is 2.29. The highest BCUT2D eigenvalue weighted by atomic mass is 19.4. The van der Waals surface area contributed by atoms with Crippen molar-refractivity contribution in [3.8, 4) is 5.88 Å². The number of carbonyl (C=O) groups excluding carboxylic acids is 1. The third-order valence-corrected chi connectivity index (χ3v) is 4.06. The first-order chi connectivity index (χ1) is 13.6. The van der Waals surface area contributed by atoms with Crippen molar-refractivity contribution in [2.75, 3.05) is 11.9 Å². The van der Waals surface area contributed by atoms with Gasteiger partial charge in [0.1, 0.15) is 5.82 Å². The first-order valence-corrected chi connectivity index (χ1v) is 8.94. The number of carbonyl (C=O) groups is 1. The van der Waals surface area contributed by atoms with Gasteiger partial charge in [-0.1, -0.05) is 6.92 Å². The molecule has 0 bridgehead atoms. The van der Waals surface area contributed by atoms with Crippen LogP contribution in [0.5, 0.6) is 5.88 Å². The normalized spacial score (nSPS) is 11.7. The molecule has 1 amide bonds. The van der Waals surface area contributed by atoms with Crippen molar-refractivity contribution in [3.05, 3.63) is 41.3 Å². The van der Waals surface area contributed by atoms with Crippen LogP contribution in [0.15, 0.2) is 24.5 Å². The van der Waals surface area contributed by atoms with Crippen LogP contribution in [0.3, 0.4) is 0 Å². The number of ether oxygens (including phenoxy) is 1. The zero-order chi connectivity index (χ0) is 21.2. The monoisotopic (exact) mass is 407 g/mol. The maximum absolute atomic E-state index is 12.3. The zero-order valence-electron chi connectivity index (χ0n) is 16.2. The van der Waals surface area contributed by atoms with Crippen molar-refractivity contribution >= 4 is 22.6 Å². The fourth-order valence-corrected chi connectivity index (χ4v) is 2.78. The second kappa shape index (κ2) is 8.06. The number of nitrogens with one attached hydrogen (secondary N) is 1. The lowest BCUT2D eigenvalue weighted by atomic mass is 10.2. The van der Waals surface area contributed by atoms with E-state index in [4.69, 9.17) is 4.74 Å². The van der Waals surface area contributed by atoms with E-state index < -0.39 is 12.8 Å². The van der Waals surface area contributed by atoms with E-state index in [9.17, 15) is 18.0 Å². The highest BCUT2D eigenvalue weighted by Crippen LogP contribution is 2.24. The first kappa shape index (κ1) is 20.6. The number of fused-ring (bicyclic) bond motifs is 1. The molecule has 0 saturated carbocycles. The van der Waals surface area contributed by atoms with Gasteiger partial charge >= 0.3 is 6.18 Å². The molecule has 0 aliphatic rings. The van der Waals surface area contributed by atoms with Crippen LogP contribution in [0.25, 0.3) is 10.9 Å². The van der Waals surface area contributed by atoms with Crippen molar-refractivity contribution in [2.45, 2.75) is 39.9 Å². The predicted molar refractivity (Wildman–Crippen MR) is 101 cm³/mol. The van der Waals surface area contributed by atoms with Crippen molar-refractivity contribution in [1.29, 1.82) is 0 Å². The number of nitrogens with zero attached hydrogens (tertiary/aromatic N) is 4. The maximum Gasteiger partial charge on any atom is 0.422 e. The van der Waals surface area contributed by atoms with E-state index in [1.54, 1.807) is 30.8 Å². The minimum Gasteiger partial charge on any atom is -0.468 e. The number of aromatic nitrogens is 4. The average Bonchev–Trinajstić information content (AvgIpc) is 3.02. The molecule has 154 valence electrons. The minimum atomic E-state index is -4.42. The summed E-state index contributed by atoms with van der Waals surface area (Å²) in [6.07, 6.45) is -0.872. The molecule has 0 unspecified atom stereocenters. The number of anilines is 1. The lowest BCUT2D eigenvalue weighted by Crippen LogP contribution is -2.20. The van der Waals surface area contributed by atoms with Crippen molar-refractivity contribution < 1.29 is 22.7 Å². The Morgan fingerprint density at radius 2 is 2.03 bits per heavy atom. The Bertz CT molecular complexity index is 1050. The second-order valence-electron chi connectivity index (χ2n) is 6.64. The van der Waals surface area contributed by atoms with Gasteiger partial charge in [-0.05, 0) is 31.5 Å². The summed E-state index contributed by atoms with van der Waals surface area (Å²) in [5, 5.41) is 7.97. The summed E-state index contributed by atoms with van der Waals surface area (Å²) in [5.41, 5.74) is 2.65. The first-order valence-electron chi connectivity index (χ1n) is 8.94. The number of alkyl halides is 3. The molecule has 1 N–H and O–H groups in total. The Hall–Kier alpha value is -3.17. The van der Waals surface area contributed by atoms with Crippen molar-refractivity contribution in [2.24, 2.45) is 0 Å². The van der Waals surface area contributed by atoms with Gasteiger partial charge in [-0.3, -0.25) is 9.48 Å². The van der Waals surface area contributed by atoms with Gasteiger partial charge in [0.25, 0.3) is 0 Å². The molecule has 0 aliphatic heterocycles. The lowest BCUT2D eigenvalue weighted by molar-refractivity contribution is -0.154. The van der Waals surface area contributed by atoms with Gasteiger partial charge < -0.3 is 10.1 Å². The van der Waals surface area contributed by atoms with E-state index in [0.29, 0.717) is 35.2 Å². The predicted octanol–water partition coefficient (Wildman–Crippen LogP) is 3.78. The van der Waals surface area contributed by atoms with Crippen LogP contribution in [0.1, 0.15) is 30.2 Å². The fraction of sp³-hybridized carbons (Fsp3) is 0.368. The van der Waals surface area contributed by atoms with E-state index in [-0.39, 0.29) is 11.8 Å². The van der Waals surface area contributed by atoms with Gasteiger partial charge in [-0.25, -0.2) is 9.97 Å². The number of hydrogen-bond donors (Lipinski definition) is 1. The van der Waals surface area contributed by atoms with Crippen LogP contribution < -0.4 is 10.1 Å². The number of hydrogen-bond acceptors (Lipinski definition) is 5. The maximum atomic E-state index is 12.3. The molecule has 29 heavy (non-hydrogen) atoms. The summed E-state index contributed by atoms with van der Waals surface area (Å²) < 4.78 is 43.3. The molecule has 3 heterocycles. The Balaban J connectivity index is 1.82. The molecular weight excluding hydrogens is 387 g/mol. The summed E-state index contributed by atoms with van der Waals surface area (Å²) in [6, 6.07) is 3.51. The molecule has 3 rings (SSSR count). The van der Waals surface area contributed by atoms with Gasteiger partial charge in [-0.15, -0.1) is 0 Å². The molecule has 0 atom stereocenters. The van der Waals surface area contributed by atoms with Crippen LogP contribution in [-0.2, 0) is 11.3 Å². The van der Waals surface area contributed by atoms with Crippen molar-refractivity contribution in [1.82, 2.24) is 19.7 Å². The molecule has 0 spiro atoms. The summed E-state index contributed by atoms with van der Waals surface area (Å²) in [6.45, 7) is 4.16. The highest BCUT2D eigenvalue weighted by molar-refractivity contribution is 5.99. The Morgan fingerprint density at radius 3 is 2.69 bits per heavy atom. The van der Waals surface area contributed by atoms with Crippen LogP contribution in [0.4, 0.5) is 19.0 Å². The van der Waals surface area contributed by atoms with E-state index in [2.05, 4.69) is 20.4 Å². The van der Waals surface area contributed by atoms with E-state index in [0.717, 1.165) is 11.3 Å². The largest absolute Gasteiger partial charge is 0.468 e. The molecule has 0 saturated heterocycles. The molecule has 0 aromatic carbocycles. The second-order valence-corrected chi connectivity index (χ2v) is 6.64. The summed E-state index contributed by atoms with van der Waals surface area (Å²) in [5.74, 6) is 0.246. The summed E-state index contributed by atoms with van der Waals surface area (Å²) in [7, 11) is 0. The molecule has 0 radical (unpaired) electrons. The molecule has 10 heteroatoms. The van der Waals surface area contributed by atoms with Crippen LogP contribution in [0.2, 0.25) is 0 Å². The van der Waals surface area contributed by atoms with E-state index >= 15 is 0 Å². The van der Waals surface area contributed by atoms with Crippen LogP contribution >= 0.6 is 0 Å². The van der Waals surface area contributed by atoms with Gasteiger partial charge in [0.05, 0.1) is 17.4 Å². The summed E-state index contributed by atoms with van der Waals surface area (Å²) >= 11 is 0. The number of amides is 1. The zero-order valence-corrected chi connectivity index (χ0v) is 16.2. The third kappa shape index (κ3) is 5.21. The minimum absolute atomic E-state index is 0.0545. The Labute approximate surface area is 164 Å². The van der Waals surface area contributed by atoms with Gasteiger partial charge in [-0.2, -0.15) is 18.3 Å². The fourth-order valence-electron chi connectivity index (χ4n) is 2.78. The Kier molecular flexibility index (Phi) is 5.71. The standard InChI is InChI=1S/C19H20F3N5O2/c1-4-16(28)25-17-14-9-27(26-15(14)6-12(3)24-17)8-13-5-11(2)18(23-7-13)29-10-19(20,21)22/h5-7,9H,4,8,10H2,1-3H3,(H,24,25,28). The number of halogens is 3. The lowest BCUT2D eigenvalue weighted by Gasteiger charge is -2.11. The van der Waals surface area contributed by atoms with Crippen molar-refractivity contribution in [3.63, 3.8) is 0 Å². The third-order valence-electron chi connectivity index (χ3n) is 4.06.